The molecular formula is C13H15F2N2O2S-. The van der Waals surface area contributed by atoms with Crippen molar-refractivity contribution in [2.24, 2.45) is 5.92 Å². The van der Waals surface area contributed by atoms with Crippen LogP contribution in [0.5, 0.6) is 0 Å². The van der Waals surface area contributed by atoms with E-state index in [2.05, 4.69) is 0 Å². The van der Waals surface area contributed by atoms with E-state index >= 15 is 0 Å². The standard InChI is InChI=1S/C13H15F2N2O2S/c14-13(15)6-11-5-10(13)8-17(11)20(18,19)12-3-1-9(7-16)2-4-12/h1-4,10-11,16H,5-8H2/q-1. The summed E-state index contributed by atoms with van der Waals surface area (Å²) in [5.74, 6) is -3.58. The van der Waals surface area contributed by atoms with E-state index < -0.39 is 27.9 Å². The molecule has 2 bridgehead atoms. The lowest BCUT2D eigenvalue weighted by Gasteiger charge is -2.30. The monoisotopic (exact) mass is 301 g/mol. The number of alkyl halides is 2. The largest absolute Gasteiger partial charge is 0.674 e. The van der Waals surface area contributed by atoms with Gasteiger partial charge in [-0.15, -0.1) is 6.54 Å². The average molecular weight is 301 g/mol. The Morgan fingerprint density at radius 1 is 1.30 bits per heavy atom. The maximum Gasteiger partial charge on any atom is 0.253 e. The Bertz CT molecular complexity index is 616. The SMILES string of the molecule is [NH-]Cc1ccc(S(=O)(=O)N2CC3CC2CC3(F)F)cc1. The minimum absolute atomic E-state index is 0.0843. The van der Waals surface area contributed by atoms with Gasteiger partial charge in [-0.05, 0) is 18.6 Å². The molecule has 1 heterocycles. The van der Waals surface area contributed by atoms with E-state index in [1.54, 1.807) is 12.1 Å². The molecule has 1 aliphatic heterocycles. The van der Waals surface area contributed by atoms with Crippen LogP contribution < -0.4 is 0 Å². The second-order valence-electron chi connectivity index (χ2n) is 5.45. The second-order valence-corrected chi connectivity index (χ2v) is 7.34. The van der Waals surface area contributed by atoms with Gasteiger partial charge in [0.2, 0.25) is 10.0 Å². The molecule has 1 aromatic rings. The summed E-state index contributed by atoms with van der Waals surface area (Å²) in [5, 5.41) is 0. The van der Waals surface area contributed by atoms with Crippen LogP contribution in [0.2, 0.25) is 0 Å². The van der Waals surface area contributed by atoms with E-state index in [1.807, 2.05) is 0 Å². The molecule has 1 saturated heterocycles. The quantitative estimate of drug-likeness (QED) is 0.861. The molecule has 2 fully saturated rings. The summed E-state index contributed by atoms with van der Waals surface area (Å²) >= 11 is 0. The third kappa shape index (κ3) is 2.04. The molecule has 7 heteroatoms. The maximum absolute atomic E-state index is 13.5. The molecule has 1 aromatic carbocycles. The number of nitrogens with zero attached hydrogens (tertiary/aromatic N) is 1. The van der Waals surface area contributed by atoms with E-state index in [-0.39, 0.29) is 30.8 Å². The molecule has 1 N–H and O–H groups in total. The predicted molar refractivity (Wildman–Crippen MR) is 69.8 cm³/mol. The number of halogens is 2. The number of hydrogen-bond acceptors (Lipinski definition) is 2. The lowest BCUT2D eigenvalue weighted by molar-refractivity contribution is -0.0559. The van der Waals surface area contributed by atoms with Gasteiger partial charge in [0.25, 0.3) is 5.92 Å². The van der Waals surface area contributed by atoms with E-state index in [9.17, 15) is 17.2 Å². The van der Waals surface area contributed by atoms with Crippen molar-refractivity contribution in [2.75, 3.05) is 6.54 Å². The van der Waals surface area contributed by atoms with Crippen molar-refractivity contribution in [1.29, 1.82) is 0 Å². The van der Waals surface area contributed by atoms with Gasteiger partial charge in [-0.1, -0.05) is 17.7 Å². The molecular weight excluding hydrogens is 286 g/mol. The molecule has 1 saturated carbocycles. The minimum atomic E-state index is -3.71. The highest BCUT2D eigenvalue weighted by Gasteiger charge is 2.58. The van der Waals surface area contributed by atoms with Crippen molar-refractivity contribution >= 4 is 10.0 Å². The second kappa shape index (κ2) is 4.47. The Balaban J connectivity index is 1.87. The van der Waals surface area contributed by atoms with Gasteiger partial charge in [-0.2, -0.15) is 4.31 Å². The van der Waals surface area contributed by atoms with Crippen molar-refractivity contribution in [3.8, 4) is 0 Å². The molecule has 0 aromatic heterocycles. The lowest BCUT2D eigenvalue weighted by Crippen LogP contribution is -2.43. The fraction of sp³-hybridized carbons (Fsp3) is 0.538. The highest BCUT2D eigenvalue weighted by atomic mass is 32.2. The summed E-state index contributed by atoms with van der Waals surface area (Å²) in [5.41, 5.74) is 7.93. The summed E-state index contributed by atoms with van der Waals surface area (Å²) in [4.78, 5) is 0.116. The molecule has 0 amide bonds. The first-order chi connectivity index (χ1) is 9.34. The fourth-order valence-electron chi connectivity index (χ4n) is 3.07. The first-order valence-electron chi connectivity index (χ1n) is 6.48. The highest BCUT2D eigenvalue weighted by molar-refractivity contribution is 7.89. The van der Waals surface area contributed by atoms with Crippen LogP contribution in [0.15, 0.2) is 29.2 Å². The number of benzene rings is 1. The van der Waals surface area contributed by atoms with Gasteiger partial charge in [-0.3, -0.25) is 0 Å². The summed E-state index contributed by atoms with van der Waals surface area (Å²) in [6, 6.07) is 5.48. The summed E-state index contributed by atoms with van der Waals surface area (Å²) < 4.78 is 53.1. The van der Waals surface area contributed by atoms with E-state index in [4.69, 9.17) is 5.73 Å². The third-order valence-electron chi connectivity index (χ3n) is 4.20. The van der Waals surface area contributed by atoms with E-state index in [1.165, 1.54) is 16.4 Å². The zero-order valence-corrected chi connectivity index (χ0v) is 11.5. The van der Waals surface area contributed by atoms with Crippen molar-refractivity contribution in [3.63, 3.8) is 0 Å². The van der Waals surface area contributed by atoms with Crippen molar-refractivity contribution in [1.82, 2.24) is 4.31 Å². The maximum atomic E-state index is 13.5. The Kier molecular flexibility index (Phi) is 3.11. The van der Waals surface area contributed by atoms with Crippen LogP contribution in [0, 0.1) is 5.92 Å². The minimum Gasteiger partial charge on any atom is -0.674 e. The topological polar surface area (TPSA) is 61.2 Å². The number of piperidine rings is 1. The van der Waals surface area contributed by atoms with Gasteiger partial charge in [0.1, 0.15) is 0 Å². The molecule has 0 spiro atoms. The summed E-state index contributed by atoms with van der Waals surface area (Å²) in [6.45, 7) is -0.0127. The van der Waals surface area contributed by atoms with Crippen LogP contribution in [0.3, 0.4) is 0 Å². The first-order valence-corrected chi connectivity index (χ1v) is 7.92. The van der Waals surface area contributed by atoms with Crippen LogP contribution in [-0.2, 0) is 16.6 Å². The smallest absolute Gasteiger partial charge is 0.253 e. The van der Waals surface area contributed by atoms with Gasteiger partial charge in [0.05, 0.1) is 4.90 Å². The zero-order chi connectivity index (χ0) is 14.5. The Morgan fingerprint density at radius 2 is 1.95 bits per heavy atom. The average Bonchev–Trinajstić information content (AvgIpc) is 2.94. The molecule has 2 aliphatic rings. The van der Waals surface area contributed by atoms with Crippen LogP contribution in [0.4, 0.5) is 8.78 Å². The van der Waals surface area contributed by atoms with Crippen molar-refractivity contribution in [3.05, 3.63) is 35.6 Å². The molecule has 20 heavy (non-hydrogen) atoms. The summed E-state index contributed by atoms with van der Waals surface area (Å²) in [6.07, 6.45) is -0.126. The first kappa shape index (κ1) is 13.9. The molecule has 2 atom stereocenters. The van der Waals surface area contributed by atoms with E-state index in [0.29, 0.717) is 0 Å². The Labute approximate surface area is 116 Å². The number of hydrogen-bond donors (Lipinski definition) is 0. The van der Waals surface area contributed by atoms with Crippen molar-refractivity contribution < 1.29 is 17.2 Å². The Hall–Kier alpha value is -1.05. The third-order valence-corrected chi connectivity index (χ3v) is 6.14. The highest BCUT2D eigenvalue weighted by Crippen LogP contribution is 2.49. The number of sulfonamides is 1. The van der Waals surface area contributed by atoms with Gasteiger partial charge in [0.15, 0.2) is 0 Å². The van der Waals surface area contributed by atoms with Gasteiger partial charge in [0, 0.05) is 24.9 Å². The molecule has 4 nitrogen and oxygen atoms in total. The predicted octanol–water partition coefficient (Wildman–Crippen LogP) is 2.66. The fourth-order valence-corrected chi connectivity index (χ4v) is 4.75. The van der Waals surface area contributed by atoms with Crippen LogP contribution >= 0.6 is 0 Å². The molecule has 0 radical (unpaired) electrons. The molecule has 110 valence electrons. The number of nitrogens with one attached hydrogen (secondary N) is 1. The molecule has 1 aliphatic carbocycles. The molecule has 3 rings (SSSR count). The normalized spacial score (nSPS) is 28.9. The summed E-state index contributed by atoms with van der Waals surface area (Å²) in [7, 11) is -3.71. The van der Waals surface area contributed by atoms with Gasteiger partial charge < -0.3 is 5.73 Å². The Morgan fingerprint density at radius 3 is 2.40 bits per heavy atom. The number of fused-ring (bicyclic) bond motifs is 2. The van der Waals surface area contributed by atoms with Crippen LogP contribution in [0.25, 0.3) is 5.73 Å². The van der Waals surface area contributed by atoms with E-state index in [0.717, 1.165) is 5.56 Å². The van der Waals surface area contributed by atoms with Gasteiger partial charge >= 0.3 is 0 Å². The molecule has 2 unspecified atom stereocenters. The van der Waals surface area contributed by atoms with Gasteiger partial charge in [-0.25, -0.2) is 17.2 Å². The van der Waals surface area contributed by atoms with Crippen molar-refractivity contribution in [2.45, 2.75) is 36.2 Å². The number of rotatable bonds is 3. The zero-order valence-electron chi connectivity index (χ0n) is 10.7. The lowest BCUT2D eigenvalue weighted by atomic mass is 10.1. The van der Waals surface area contributed by atoms with Crippen LogP contribution in [0.1, 0.15) is 18.4 Å². The van der Waals surface area contributed by atoms with Crippen LogP contribution in [-0.4, -0.2) is 31.2 Å².